The van der Waals surface area contributed by atoms with Gasteiger partial charge in [0, 0.05) is 17.5 Å². The second-order valence-corrected chi connectivity index (χ2v) is 6.36. The van der Waals surface area contributed by atoms with Crippen molar-refractivity contribution in [1.29, 1.82) is 0 Å². The summed E-state index contributed by atoms with van der Waals surface area (Å²) in [6.45, 7) is 6.47. The Bertz CT molecular complexity index is 388. The maximum atomic E-state index is 12.1. The first-order chi connectivity index (χ1) is 9.79. The second kappa shape index (κ2) is 8.39. The largest absolute Gasteiger partial charge is 0.350 e. The SMILES string of the molecule is CCCN(CC(=O)NCc1cccs1)C1CCCNC1. The molecule has 1 fully saturated rings. The third-order valence-electron chi connectivity index (χ3n) is 3.68. The molecule has 1 amide bonds. The van der Waals surface area contributed by atoms with E-state index in [4.69, 9.17) is 0 Å². The highest BCUT2D eigenvalue weighted by atomic mass is 32.1. The molecule has 2 rings (SSSR count). The van der Waals surface area contributed by atoms with Crippen LogP contribution in [0.15, 0.2) is 17.5 Å². The zero-order chi connectivity index (χ0) is 14.2. The Morgan fingerprint density at radius 1 is 1.60 bits per heavy atom. The standard InChI is InChI=1S/C15H25N3OS/c1-2-8-18(13-5-3-7-16-10-13)12-15(19)17-11-14-6-4-9-20-14/h4,6,9,13,16H,2-3,5,7-8,10-12H2,1H3,(H,17,19). The third-order valence-corrected chi connectivity index (χ3v) is 4.56. The zero-order valence-electron chi connectivity index (χ0n) is 12.2. The first-order valence-electron chi connectivity index (χ1n) is 7.53. The van der Waals surface area contributed by atoms with E-state index in [0.29, 0.717) is 19.1 Å². The third kappa shape index (κ3) is 4.89. The average Bonchev–Trinajstić information content (AvgIpc) is 2.99. The van der Waals surface area contributed by atoms with E-state index in [1.54, 1.807) is 11.3 Å². The molecule has 0 saturated carbocycles. The van der Waals surface area contributed by atoms with Crippen molar-refractivity contribution in [3.8, 4) is 0 Å². The fraction of sp³-hybridized carbons (Fsp3) is 0.667. The molecule has 0 radical (unpaired) electrons. The van der Waals surface area contributed by atoms with E-state index in [0.717, 1.165) is 26.1 Å². The lowest BCUT2D eigenvalue weighted by atomic mass is 10.1. The molecular formula is C15H25N3OS. The molecule has 5 heteroatoms. The number of carbonyl (C=O) groups excluding carboxylic acids is 1. The zero-order valence-corrected chi connectivity index (χ0v) is 13.0. The predicted molar refractivity (Wildman–Crippen MR) is 83.9 cm³/mol. The van der Waals surface area contributed by atoms with E-state index in [1.165, 1.54) is 17.7 Å². The van der Waals surface area contributed by atoms with Crippen molar-refractivity contribution >= 4 is 17.2 Å². The fourth-order valence-electron chi connectivity index (χ4n) is 2.66. The van der Waals surface area contributed by atoms with Gasteiger partial charge in [0.25, 0.3) is 0 Å². The van der Waals surface area contributed by atoms with Crippen molar-refractivity contribution in [2.75, 3.05) is 26.2 Å². The van der Waals surface area contributed by atoms with Crippen molar-refractivity contribution in [2.45, 2.75) is 38.8 Å². The van der Waals surface area contributed by atoms with Crippen LogP contribution in [0, 0.1) is 0 Å². The molecule has 2 heterocycles. The Morgan fingerprint density at radius 2 is 2.50 bits per heavy atom. The summed E-state index contributed by atoms with van der Waals surface area (Å²) in [5.41, 5.74) is 0. The second-order valence-electron chi connectivity index (χ2n) is 5.33. The Hall–Kier alpha value is -0.910. The fourth-order valence-corrected chi connectivity index (χ4v) is 3.31. The summed E-state index contributed by atoms with van der Waals surface area (Å²) < 4.78 is 0. The van der Waals surface area contributed by atoms with Gasteiger partial charge in [-0.25, -0.2) is 0 Å². The van der Waals surface area contributed by atoms with Gasteiger partial charge in [0.05, 0.1) is 13.1 Å². The van der Waals surface area contributed by atoms with Crippen molar-refractivity contribution in [3.63, 3.8) is 0 Å². The lowest BCUT2D eigenvalue weighted by molar-refractivity contribution is -0.123. The van der Waals surface area contributed by atoms with Gasteiger partial charge >= 0.3 is 0 Å². The van der Waals surface area contributed by atoms with Crippen LogP contribution < -0.4 is 10.6 Å². The van der Waals surface area contributed by atoms with Gasteiger partial charge in [-0.2, -0.15) is 0 Å². The van der Waals surface area contributed by atoms with Crippen LogP contribution in [0.4, 0.5) is 0 Å². The van der Waals surface area contributed by atoms with Gasteiger partial charge in [0.1, 0.15) is 0 Å². The Morgan fingerprint density at radius 3 is 3.15 bits per heavy atom. The van der Waals surface area contributed by atoms with Crippen LogP contribution in [0.1, 0.15) is 31.1 Å². The number of carbonyl (C=O) groups is 1. The van der Waals surface area contributed by atoms with Crippen LogP contribution in [0.3, 0.4) is 0 Å². The van der Waals surface area contributed by atoms with E-state index in [1.807, 2.05) is 11.4 Å². The molecule has 1 aromatic rings. The summed E-state index contributed by atoms with van der Waals surface area (Å²) in [5.74, 6) is 0.137. The van der Waals surface area contributed by atoms with Crippen molar-refractivity contribution in [2.24, 2.45) is 0 Å². The highest BCUT2D eigenvalue weighted by molar-refractivity contribution is 7.09. The van der Waals surface area contributed by atoms with E-state index >= 15 is 0 Å². The Labute approximate surface area is 125 Å². The molecule has 1 aromatic heterocycles. The predicted octanol–water partition coefficient (Wildman–Crippen LogP) is 1.83. The molecule has 1 unspecified atom stereocenters. The number of thiophene rings is 1. The molecule has 2 N–H and O–H groups in total. The number of amides is 1. The van der Waals surface area contributed by atoms with Crippen LogP contribution in [0.2, 0.25) is 0 Å². The molecule has 0 bridgehead atoms. The van der Waals surface area contributed by atoms with E-state index < -0.39 is 0 Å². The summed E-state index contributed by atoms with van der Waals surface area (Å²) in [6.07, 6.45) is 3.50. The minimum atomic E-state index is 0.137. The van der Waals surface area contributed by atoms with E-state index in [9.17, 15) is 4.79 Å². The van der Waals surface area contributed by atoms with Gasteiger partial charge in [-0.05, 0) is 43.8 Å². The molecule has 1 aliphatic heterocycles. The van der Waals surface area contributed by atoms with Crippen LogP contribution in [-0.2, 0) is 11.3 Å². The van der Waals surface area contributed by atoms with Crippen molar-refractivity contribution in [3.05, 3.63) is 22.4 Å². The molecule has 112 valence electrons. The highest BCUT2D eigenvalue weighted by Crippen LogP contribution is 2.11. The van der Waals surface area contributed by atoms with E-state index in [2.05, 4.69) is 28.5 Å². The molecule has 0 spiro atoms. The summed E-state index contributed by atoms with van der Waals surface area (Å²) >= 11 is 1.68. The maximum Gasteiger partial charge on any atom is 0.234 e. The first-order valence-corrected chi connectivity index (χ1v) is 8.41. The van der Waals surface area contributed by atoms with Gasteiger partial charge in [-0.1, -0.05) is 13.0 Å². The molecule has 0 aromatic carbocycles. The lowest BCUT2D eigenvalue weighted by Crippen LogP contribution is -2.49. The van der Waals surface area contributed by atoms with Crippen LogP contribution in [-0.4, -0.2) is 43.0 Å². The monoisotopic (exact) mass is 295 g/mol. The minimum Gasteiger partial charge on any atom is -0.350 e. The minimum absolute atomic E-state index is 0.137. The summed E-state index contributed by atoms with van der Waals surface area (Å²) in [6, 6.07) is 4.58. The van der Waals surface area contributed by atoms with Crippen LogP contribution in [0.5, 0.6) is 0 Å². The lowest BCUT2D eigenvalue weighted by Gasteiger charge is -2.34. The van der Waals surface area contributed by atoms with Crippen molar-refractivity contribution in [1.82, 2.24) is 15.5 Å². The number of hydrogen-bond acceptors (Lipinski definition) is 4. The summed E-state index contributed by atoms with van der Waals surface area (Å²) in [7, 11) is 0. The van der Waals surface area contributed by atoms with Gasteiger partial charge < -0.3 is 10.6 Å². The van der Waals surface area contributed by atoms with Crippen molar-refractivity contribution < 1.29 is 4.79 Å². The van der Waals surface area contributed by atoms with Gasteiger partial charge in [0.15, 0.2) is 0 Å². The number of hydrogen-bond donors (Lipinski definition) is 2. The smallest absolute Gasteiger partial charge is 0.234 e. The maximum absolute atomic E-state index is 12.1. The number of nitrogens with one attached hydrogen (secondary N) is 2. The number of rotatable bonds is 7. The van der Waals surface area contributed by atoms with Gasteiger partial charge in [-0.15, -0.1) is 11.3 Å². The Balaban J connectivity index is 1.78. The molecule has 1 atom stereocenters. The molecule has 1 aliphatic rings. The summed E-state index contributed by atoms with van der Waals surface area (Å²) in [5, 5.41) is 8.49. The average molecular weight is 295 g/mol. The van der Waals surface area contributed by atoms with E-state index in [-0.39, 0.29) is 5.91 Å². The van der Waals surface area contributed by atoms with Crippen LogP contribution in [0.25, 0.3) is 0 Å². The highest BCUT2D eigenvalue weighted by Gasteiger charge is 2.22. The van der Waals surface area contributed by atoms with Gasteiger partial charge in [0.2, 0.25) is 5.91 Å². The quantitative estimate of drug-likeness (QED) is 0.806. The topological polar surface area (TPSA) is 44.4 Å². The van der Waals surface area contributed by atoms with Gasteiger partial charge in [-0.3, -0.25) is 9.69 Å². The molecule has 20 heavy (non-hydrogen) atoms. The Kier molecular flexibility index (Phi) is 6.50. The molecular weight excluding hydrogens is 270 g/mol. The summed E-state index contributed by atoms with van der Waals surface area (Å²) in [4.78, 5) is 15.6. The molecule has 4 nitrogen and oxygen atoms in total. The molecule has 0 aliphatic carbocycles. The number of piperidine rings is 1. The first kappa shape index (κ1) is 15.5. The normalized spacial score (nSPS) is 19.2. The van der Waals surface area contributed by atoms with Crippen LogP contribution >= 0.6 is 11.3 Å². The number of nitrogens with zero attached hydrogens (tertiary/aromatic N) is 1. The molecule has 1 saturated heterocycles.